The fourth-order valence-electron chi connectivity index (χ4n) is 2.37. The summed E-state index contributed by atoms with van der Waals surface area (Å²) in [6.45, 7) is 12.4. The van der Waals surface area contributed by atoms with Crippen molar-refractivity contribution in [3.8, 4) is 0 Å². The Balaban J connectivity index is 2.19. The van der Waals surface area contributed by atoms with Crippen LogP contribution in [0.5, 0.6) is 0 Å². The third kappa shape index (κ3) is 2.57. The molecule has 0 spiro atoms. The van der Waals surface area contributed by atoms with Crippen molar-refractivity contribution in [3.63, 3.8) is 0 Å². The number of amides is 1. The van der Waals surface area contributed by atoms with Crippen LogP contribution in [0, 0.1) is 10.8 Å². The van der Waals surface area contributed by atoms with Gasteiger partial charge in [-0.15, -0.1) is 0 Å². The van der Waals surface area contributed by atoms with Crippen molar-refractivity contribution in [2.24, 2.45) is 10.8 Å². The van der Waals surface area contributed by atoms with Crippen LogP contribution in [0.3, 0.4) is 0 Å². The quantitative estimate of drug-likeness (QED) is 0.679. The van der Waals surface area contributed by atoms with Gasteiger partial charge in [-0.05, 0) is 17.3 Å². The Morgan fingerprint density at radius 1 is 1.19 bits per heavy atom. The molecule has 16 heavy (non-hydrogen) atoms. The molecule has 1 aliphatic carbocycles. The van der Waals surface area contributed by atoms with Gasteiger partial charge in [0.15, 0.2) is 0 Å². The van der Waals surface area contributed by atoms with Gasteiger partial charge < -0.3 is 10.6 Å². The van der Waals surface area contributed by atoms with Crippen molar-refractivity contribution in [3.05, 3.63) is 0 Å². The van der Waals surface area contributed by atoms with Crippen LogP contribution in [-0.4, -0.2) is 25.0 Å². The fraction of sp³-hybridized carbons (Fsp3) is 0.923. The number of hydrogen-bond acceptors (Lipinski definition) is 2. The van der Waals surface area contributed by atoms with E-state index in [9.17, 15) is 4.79 Å². The summed E-state index contributed by atoms with van der Waals surface area (Å²) >= 11 is 0. The second-order valence-corrected chi connectivity index (χ2v) is 5.96. The lowest BCUT2D eigenvalue weighted by atomic mass is 10.0. The van der Waals surface area contributed by atoms with Crippen LogP contribution >= 0.6 is 0 Å². The van der Waals surface area contributed by atoms with Crippen LogP contribution in [0.15, 0.2) is 0 Å². The molecule has 0 aromatic rings. The molecule has 3 nitrogen and oxygen atoms in total. The van der Waals surface area contributed by atoms with Gasteiger partial charge in [0.05, 0.1) is 6.54 Å². The van der Waals surface area contributed by atoms with Crippen molar-refractivity contribution in [2.75, 3.05) is 13.1 Å². The van der Waals surface area contributed by atoms with Gasteiger partial charge in [0.25, 0.3) is 0 Å². The standard InChI is InChI=1S/C13H26N2O/c1-6-7-8-14-10(16)9-15-11-12(2,3)13(11,4)5/h11,15H,6-9H2,1-5H3,(H,14,16). The van der Waals surface area contributed by atoms with Crippen LogP contribution in [0.2, 0.25) is 0 Å². The Labute approximate surface area is 99.4 Å². The van der Waals surface area contributed by atoms with E-state index in [-0.39, 0.29) is 5.91 Å². The molecule has 1 amide bonds. The molecular weight excluding hydrogens is 200 g/mol. The minimum absolute atomic E-state index is 0.118. The van der Waals surface area contributed by atoms with Gasteiger partial charge in [-0.25, -0.2) is 0 Å². The van der Waals surface area contributed by atoms with E-state index in [4.69, 9.17) is 0 Å². The van der Waals surface area contributed by atoms with Gasteiger partial charge in [0.2, 0.25) is 5.91 Å². The fourth-order valence-corrected chi connectivity index (χ4v) is 2.37. The Morgan fingerprint density at radius 3 is 2.19 bits per heavy atom. The zero-order valence-electron chi connectivity index (χ0n) is 11.3. The smallest absolute Gasteiger partial charge is 0.233 e. The van der Waals surface area contributed by atoms with E-state index < -0.39 is 0 Å². The molecule has 0 heterocycles. The zero-order valence-corrected chi connectivity index (χ0v) is 11.3. The molecule has 0 aliphatic heterocycles. The Kier molecular flexibility index (Phi) is 4.00. The highest BCUT2D eigenvalue weighted by molar-refractivity contribution is 5.78. The topological polar surface area (TPSA) is 41.1 Å². The molecule has 0 aromatic heterocycles. The van der Waals surface area contributed by atoms with Crippen LogP contribution < -0.4 is 10.6 Å². The van der Waals surface area contributed by atoms with Crippen LogP contribution in [0.4, 0.5) is 0 Å². The van der Waals surface area contributed by atoms with Crippen molar-refractivity contribution in [1.29, 1.82) is 0 Å². The molecular formula is C13H26N2O. The normalized spacial score (nSPS) is 21.8. The number of unbranched alkanes of at least 4 members (excludes halogenated alkanes) is 1. The molecule has 94 valence electrons. The van der Waals surface area contributed by atoms with Crippen LogP contribution in [0.1, 0.15) is 47.5 Å². The minimum Gasteiger partial charge on any atom is -0.355 e. The second-order valence-electron chi connectivity index (χ2n) is 5.96. The van der Waals surface area contributed by atoms with Gasteiger partial charge in [-0.3, -0.25) is 4.79 Å². The molecule has 2 N–H and O–H groups in total. The lowest BCUT2D eigenvalue weighted by molar-refractivity contribution is -0.120. The SMILES string of the molecule is CCCCNC(=O)CNC1C(C)(C)C1(C)C. The summed E-state index contributed by atoms with van der Waals surface area (Å²) in [5, 5.41) is 6.27. The molecule has 0 saturated heterocycles. The maximum absolute atomic E-state index is 11.5. The number of carbonyl (C=O) groups is 1. The molecule has 1 saturated carbocycles. The Morgan fingerprint density at radius 2 is 1.75 bits per heavy atom. The Bertz CT molecular complexity index is 245. The van der Waals surface area contributed by atoms with Crippen molar-refractivity contribution < 1.29 is 4.79 Å². The van der Waals surface area contributed by atoms with Gasteiger partial charge >= 0.3 is 0 Å². The first-order valence-corrected chi connectivity index (χ1v) is 6.34. The average molecular weight is 226 g/mol. The number of hydrogen-bond donors (Lipinski definition) is 2. The third-order valence-electron chi connectivity index (χ3n) is 4.34. The maximum Gasteiger partial charge on any atom is 0.233 e. The highest BCUT2D eigenvalue weighted by Crippen LogP contribution is 2.62. The second kappa shape index (κ2) is 4.74. The summed E-state index contributed by atoms with van der Waals surface area (Å²) < 4.78 is 0. The van der Waals surface area contributed by atoms with E-state index in [0.717, 1.165) is 19.4 Å². The zero-order chi connectivity index (χ0) is 12.4. The highest BCUT2D eigenvalue weighted by atomic mass is 16.1. The van der Waals surface area contributed by atoms with Gasteiger partial charge in [-0.2, -0.15) is 0 Å². The number of carbonyl (C=O) groups excluding carboxylic acids is 1. The molecule has 1 fully saturated rings. The molecule has 0 aromatic carbocycles. The van der Waals surface area contributed by atoms with Gasteiger partial charge in [0, 0.05) is 12.6 Å². The van der Waals surface area contributed by atoms with Crippen molar-refractivity contribution >= 4 is 5.91 Å². The summed E-state index contributed by atoms with van der Waals surface area (Å²) in [5.41, 5.74) is 0.605. The first-order valence-electron chi connectivity index (χ1n) is 6.34. The number of rotatable bonds is 6. The van der Waals surface area contributed by atoms with Crippen molar-refractivity contribution in [1.82, 2.24) is 10.6 Å². The minimum atomic E-state index is 0.118. The third-order valence-corrected chi connectivity index (χ3v) is 4.34. The largest absolute Gasteiger partial charge is 0.355 e. The summed E-state index contributed by atoms with van der Waals surface area (Å²) in [6.07, 6.45) is 2.18. The lowest BCUT2D eigenvalue weighted by Crippen LogP contribution is -2.36. The summed E-state index contributed by atoms with van der Waals surface area (Å²) in [6, 6.07) is 0.455. The van der Waals surface area contributed by atoms with Crippen LogP contribution in [-0.2, 0) is 4.79 Å². The molecule has 0 radical (unpaired) electrons. The monoisotopic (exact) mass is 226 g/mol. The molecule has 0 atom stereocenters. The lowest BCUT2D eigenvalue weighted by Gasteiger charge is -2.07. The molecule has 3 heteroatoms. The van der Waals surface area contributed by atoms with Crippen molar-refractivity contribution in [2.45, 2.75) is 53.5 Å². The van der Waals surface area contributed by atoms with E-state index >= 15 is 0 Å². The van der Waals surface area contributed by atoms with E-state index in [2.05, 4.69) is 45.3 Å². The first-order chi connectivity index (χ1) is 7.34. The number of nitrogens with one attached hydrogen (secondary N) is 2. The molecule has 1 aliphatic rings. The Hall–Kier alpha value is -0.570. The van der Waals surface area contributed by atoms with E-state index in [0.29, 0.717) is 23.4 Å². The first kappa shape index (κ1) is 13.5. The van der Waals surface area contributed by atoms with E-state index in [1.165, 1.54) is 0 Å². The van der Waals surface area contributed by atoms with Gasteiger partial charge in [-0.1, -0.05) is 41.0 Å². The summed E-state index contributed by atoms with van der Waals surface area (Å²) in [5.74, 6) is 0.118. The van der Waals surface area contributed by atoms with E-state index in [1.807, 2.05) is 0 Å². The molecule has 1 rings (SSSR count). The highest BCUT2D eigenvalue weighted by Gasteiger charge is 2.64. The van der Waals surface area contributed by atoms with Gasteiger partial charge in [0.1, 0.15) is 0 Å². The predicted octanol–water partition coefficient (Wildman–Crippen LogP) is 1.93. The maximum atomic E-state index is 11.5. The molecule has 0 unspecified atom stereocenters. The van der Waals surface area contributed by atoms with E-state index in [1.54, 1.807) is 0 Å². The summed E-state index contributed by atoms with van der Waals surface area (Å²) in [4.78, 5) is 11.5. The molecule has 0 bridgehead atoms. The van der Waals surface area contributed by atoms with Crippen LogP contribution in [0.25, 0.3) is 0 Å². The average Bonchev–Trinajstić information content (AvgIpc) is 2.55. The summed E-state index contributed by atoms with van der Waals surface area (Å²) in [7, 11) is 0. The predicted molar refractivity (Wildman–Crippen MR) is 67.3 cm³/mol.